The highest BCUT2D eigenvalue weighted by Crippen LogP contribution is 2.36. The van der Waals surface area contributed by atoms with Crippen molar-refractivity contribution < 1.29 is 9.53 Å². The number of imidazole rings is 1. The zero-order valence-electron chi connectivity index (χ0n) is 16.8. The first kappa shape index (κ1) is 18.1. The molecule has 0 aliphatic carbocycles. The molecule has 6 heteroatoms. The number of nitrogens with zero attached hydrogens (tertiary/aromatic N) is 2. The first-order valence-corrected chi connectivity index (χ1v) is 9.36. The summed E-state index contributed by atoms with van der Waals surface area (Å²) in [5, 5.41) is 4.35. The van der Waals surface area contributed by atoms with Gasteiger partial charge in [0.25, 0.3) is 0 Å². The number of ether oxygens (including phenoxy) is 1. The Kier molecular flexibility index (Phi) is 4.34. The van der Waals surface area contributed by atoms with E-state index in [1.807, 2.05) is 25.2 Å². The number of esters is 1. The Morgan fingerprint density at radius 2 is 2.07 bits per heavy atom. The summed E-state index contributed by atoms with van der Waals surface area (Å²) in [5.41, 5.74) is 6.45. The topological polar surface area (TPSA) is 71.4 Å². The number of hydrogen-bond donors (Lipinski definition) is 2. The van der Waals surface area contributed by atoms with Crippen molar-refractivity contribution in [2.45, 2.75) is 26.7 Å². The summed E-state index contributed by atoms with van der Waals surface area (Å²) in [7, 11) is 3.31. The molecule has 0 bridgehead atoms. The number of benzene rings is 1. The maximum absolute atomic E-state index is 11.9. The fourth-order valence-corrected chi connectivity index (χ4v) is 3.77. The minimum atomic E-state index is -0.345. The lowest BCUT2D eigenvalue weighted by atomic mass is 10.1. The zero-order valence-corrected chi connectivity index (χ0v) is 16.8. The van der Waals surface area contributed by atoms with Gasteiger partial charge in [0.05, 0.1) is 29.6 Å². The minimum absolute atomic E-state index is 0.281. The molecule has 0 spiro atoms. The van der Waals surface area contributed by atoms with Crippen molar-refractivity contribution in [1.82, 2.24) is 14.4 Å². The van der Waals surface area contributed by atoms with Gasteiger partial charge in [-0.05, 0) is 36.8 Å². The number of aromatic amines is 1. The molecule has 1 aromatic carbocycles. The lowest BCUT2D eigenvalue weighted by molar-refractivity contribution is 0.0601. The number of carbonyl (C=O) groups is 1. The monoisotopic (exact) mass is 376 g/mol. The highest BCUT2D eigenvalue weighted by atomic mass is 16.5. The van der Waals surface area contributed by atoms with Gasteiger partial charge in [0.2, 0.25) is 0 Å². The van der Waals surface area contributed by atoms with Gasteiger partial charge in [-0.1, -0.05) is 19.9 Å². The largest absolute Gasteiger partial charge is 0.465 e. The number of aromatic nitrogens is 3. The van der Waals surface area contributed by atoms with Crippen molar-refractivity contribution in [2.75, 3.05) is 19.5 Å². The third-order valence-electron chi connectivity index (χ3n) is 5.19. The maximum Gasteiger partial charge on any atom is 0.337 e. The Morgan fingerprint density at radius 1 is 1.29 bits per heavy atom. The molecule has 144 valence electrons. The van der Waals surface area contributed by atoms with E-state index >= 15 is 0 Å². The van der Waals surface area contributed by atoms with E-state index in [-0.39, 0.29) is 11.9 Å². The third kappa shape index (κ3) is 2.64. The molecular weight excluding hydrogens is 352 g/mol. The molecule has 3 heterocycles. The molecule has 4 rings (SSSR count). The van der Waals surface area contributed by atoms with Crippen LogP contribution >= 0.6 is 0 Å². The average Bonchev–Trinajstić information content (AvgIpc) is 3.25. The van der Waals surface area contributed by atoms with E-state index in [0.717, 1.165) is 44.9 Å². The molecule has 0 aliphatic heterocycles. The van der Waals surface area contributed by atoms with Crippen molar-refractivity contribution in [2.24, 2.45) is 0 Å². The number of rotatable bonds is 4. The van der Waals surface area contributed by atoms with Crippen LogP contribution in [-0.4, -0.2) is 34.5 Å². The van der Waals surface area contributed by atoms with Crippen molar-refractivity contribution in [1.29, 1.82) is 0 Å². The number of aryl methyl sites for hydroxylation is 1. The summed E-state index contributed by atoms with van der Waals surface area (Å²) in [5.74, 6) is 0.946. The van der Waals surface area contributed by atoms with Gasteiger partial charge in [0, 0.05) is 30.1 Å². The number of hydrogen-bond acceptors (Lipinski definition) is 4. The van der Waals surface area contributed by atoms with E-state index in [4.69, 9.17) is 9.72 Å². The number of anilines is 1. The summed E-state index contributed by atoms with van der Waals surface area (Å²) in [6.45, 7) is 6.37. The molecule has 0 amide bonds. The van der Waals surface area contributed by atoms with Gasteiger partial charge in [0.15, 0.2) is 0 Å². The lowest BCUT2D eigenvalue weighted by Crippen LogP contribution is -2.00. The summed E-state index contributed by atoms with van der Waals surface area (Å²) in [4.78, 5) is 20.4. The van der Waals surface area contributed by atoms with E-state index < -0.39 is 0 Å². The second kappa shape index (κ2) is 6.71. The first-order valence-electron chi connectivity index (χ1n) is 9.36. The van der Waals surface area contributed by atoms with Crippen molar-refractivity contribution in [3.63, 3.8) is 0 Å². The van der Waals surface area contributed by atoms with Gasteiger partial charge in [-0.25, -0.2) is 9.78 Å². The Hall–Kier alpha value is -3.28. The van der Waals surface area contributed by atoms with Gasteiger partial charge in [0.1, 0.15) is 11.5 Å². The molecule has 0 atom stereocenters. The van der Waals surface area contributed by atoms with E-state index in [1.165, 1.54) is 7.11 Å². The van der Waals surface area contributed by atoms with Crippen LogP contribution in [0.15, 0.2) is 36.5 Å². The molecule has 3 aromatic heterocycles. The van der Waals surface area contributed by atoms with E-state index in [0.29, 0.717) is 5.56 Å². The van der Waals surface area contributed by atoms with E-state index in [1.54, 1.807) is 6.07 Å². The van der Waals surface area contributed by atoms with Crippen LogP contribution in [0.1, 0.15) is 41.5 Å². The van der Waals surface area contributed by atoms with Gasteiger partial charge in [-0.15, -0.1) is 0 Å². The molecule has 6 nitrogen and oxygen atoms in total. The van der Waals surface area contributed by atoms with Gasteiger partial charge in [-0.2, -0.15) is 0 Å². The second-order valence-corrected chi connectivity index (χ2v) is 7.24. The molecule has 0 fully saturated rings. The van der Waals surface area contributed by atoms with Gasteiger partial charge in [-0.3, -0.25) is 0 Å². The fraction of sp³-hybridized carbons (Fsp3) is 0.273. The Morgan fingerprint density at radius 3 is 2.75 bits per heavy atom. The summed E-state index contributed by atoms with van der Waals surface area (Å²) in [6, 6.07) is 9.66. The Bertz CT molecular complexity index is 1200. The fourth-order valence-electron chi connectivity index (χ4n) is 3.77. The number of nitrogens with one attached hydrogen (secondary N) is 2. The SMILES string of the molecule is CNc1cccn2c(C(C)C)nc(-c3[nH]c4cc(C(=O)OC)ccc4c3C)c12. The lowest BCUT2D eigenvalue weighted by Gasteiger charge is -2.07. The predicted molar refractivity (Wildman–Crippen MR) is 112 cm³/mol. The van der Waals surface area contributed by atoms with Crippen LogP contribution in [0.5, 0.6) is 0 Å². The maximum atomic E-state index is 11.9. The van der Waals surface area contributed by atoms with E-state index in [2.05, 4.69) is 47.7 Å². The highest BCUT2D eigenvalue weighted by molar-refractivity contribution is 5.99. The number of fused-ring (bicyclic) bond motifs is 2. The van der Waals surface area contributed by atoms with Crippen molar-refractivity contribution in [3.05, 3.63) is 53.5 Å². The minimum Gasteiger partial charge on any atom is -0.465 e. The number of carbonyl (C=O) groups excluding carboxylic acids is 1. The summed E-state index contributed by atoms with van der Waals surface area (Å²) in [6.07, 6.45) is 2.05. The molecule has 0 unspecified atom stereocenters. The average molecular weight is 376 g/mol. The Balaban J connectivity index is 2.01. The van der Waals surface area contributed by atoms with E-state index in [9.17, 15) is 4.79 Å². The van der Waals surface area contributed by atoms with Crippen LogP contribution in [0.4, 0.5) is 5.69 Å². The first-order chi connectivity index (χ1) is 13.5. The predicted octanol–water partition coefficient (Wildman–Crippen LogP) is 4.74. The van der Waals surface area contributed by atoms with Crippen molar-refractivity contribution in [3.8, 4) is 11.4 Å². The number of methoxy groups -OCH3 is 1. The van der Waals surface area contributed by atoms with Crippen LogP contribution in [0.3, 0.4) is 0 Å². The van der Waals surface area contributed by atoms with Crippen LogP contribution in [0, 0.1) is 6.92 Å². The van der Waals surface area contributed by atoms with Crippen LogP contribution in [-0.2, 0) is 4.74 Å². The molecule has 0 aliphatic rings. The van der Waals surface area contributed by atoms with Crippen molar-refractivity contribution >= 4 is 28.1 Å². The van der Waals surface area contributed by atoms with Crippen LogP contribution in [0.25, 0.3) is 27.8 Å². The standard InChI is InChI=1S/C22H24N4O2/c1-12(2)21-25-19(20-16(23-4)7-6-10-26(20)21)18-13(3)15-9-8-14(22(27)28-5)11-17(15)24-18/h6-12,23-24H,1-5H3. The normalized spacial score (nSPS) is 11.5. The number of H-pyrrole nitrogens is 1. The molecule has 0 radical (unpaired) electrons. The smallest absolute Gasteiger partial charge is 0.337 e. The van der Waals surface area contributed by atoms with Gasteiger partial charge >= 0.3 is 5.97 Å². The molecule has 2 N–H and O–H groups in total. The van der Waals surface area contributed by atoms with Crippen LogP contribution in [0.2, 0.25) is 0 Å². The van der Waals surface area contributed by atoms with Gasteiger partial charge < -0.3 is 19.4 Å². The zero-order chi connectivity index (χ0) is 20.0. The second-order valence-electron chi connectivity index (χ2n) is 7.24. The molecule has 0 saturated heterocycles. The summed E-state index contributed by atoms with van der Waals surface area (Å²) >= 11 is 0. The molecular formula is C22H24N4O2. The number of pyridine rings is 1. The molecule has 0 saturated carbocycles. The molecule has 4 aromatic rings. The quantitative estimate of drug-likeness (QED) is 0.505. The third-order valence-corrected chi connectivity index (χ3v) is 5.19. The molecule has 28 heavy (non-hydrogen) atoms. The van der Waals surface area contributed by atoms with Crippen LogP contribution < -0.4 is 5.32 Å². The summed E-state index contributed by atoms with van der Waals surface area (Å²) < 4.78 is 7.00. The Labute approximate surface area is 163 Å². The highest BCUT2D eigenvalue weighted by Gasteiger charge is 2.21.